The van der Waals surface area contributed by atoms with Crippen LogP contribution in [0.4, 0.5) is 0 Å². The average Bonchev–Trinajstić information content (AvgIpc) is 3.44. The molecule has 6 aromatic rings. The van der Waals surface area contributed by atoms with E-state index in [0.29, 0.717) is 60.6 Å². The van der Waals surface area contributed by atoms with Gasteiger partial charge in [0, 0.05) is 12.1 Å². The van der Waals surface area contributed by atoms with E-state index < -0.39 is 37.2 Å². The minimum Gasteiger partial charge on any atom is -0.496 e. The maximum Gasteiger partial charge on any atom is 0.323 e. The Morgan fingerprint density at radius 2 is 1.01 bits per heavy atom. The van der Waals surface area contributed by atoms with E-state index in [9.17, 15) is 24.6 Å². The highest BCUT2D eigenvalue weighted by Gasteiger charge is 2.20. The smallest absolute Gasteiger partial charge is 0.323 e. The summed E-state index contributed by atoms with van der Waals surface area (Å²) in [6.45, 7) is 5.56. The van der Waals surface area contributed by atoms with Crippen LogP contribution in [0.1, 0.15) is 49.3 Å². The van der Waals surface area contributed by atoms with Gasteiger partial charge < -0.3 is 64.1 Å². The molecule has 17 nitrogen and oxygen atoms in total. The van der Waals surface area contributed by atoms with Crippen molar-refractivity contribution in [1.29, 1.82) is 0 Å². The predicted octanol–water partition coefficient (Wildman–Crippen LogP) is 7.98. The van der Waals surface area contributed by atoms with Gasteiger partial charge in [-0.15, -0.1) is 0 Å². The van der Waals surface area contributed by atoms with Crippen molar-refractivity contribution in [2.24, 2.45) is 5.73 Å². The summed E-state index contributed by atoms with van der Waals surface area (Å²) in [5.41, 5.74) is 16.4. The zero-order valence-corrected chi connectivity index (χ0v) is 42.6. The number of aliphatic carboxylic acids is 2. The van der Waals surface area contributed by atoms with E-state index in [1.165, 1.54) is 14.2 Å². The molecule has 0 bridgehead atoms. The minimum atomic E-state index is -1.18. The number of aliphatic hydroxyl groups is 2. The monoisotopic (exact) mass is 1030 g/mol. The third kappa shape index (κ3) is 14.2. The van der Waals surface area contributed by atoms with Crippen LogP contribution in [0.5, 0.6) is 46.0 Å². The van der Waals surface area contributed by atoms with Gasteiger partial charge in [0.2, 0.25) is 0 Å². The summed E-state index contributed by atoms with van der Waals surface area (Å²) in [6.07, 6.45) is 8.79. The number of rotatable bonds is 18. The highest BCUT2D eigenvalue weighted by molar-refractivity contribution is 5.86. The van der Waals surface area contributed by atoms with Crippen molar-refractivity contribution in [2.45, 2.75) is 32.5 Å². The molecule has 8 rings (SSSR count). The van der Waals surface area contributed by atoms with Crippen LogP contribution in [-0.4, -0.2) is 119 Å². The second kappa shape index (κ2) is 27.1. The van der Waals surface area contributed by atoms with Gasteiger partial charge in [-0.2, -0.15) is 0 Å². The molecule has 17 heteroatoms. The molecule has 0 spiro atoms. The third-order valence-electron chi connectivity index (χ3n) is 12.2. The molecule has 7 N–H and O–H groups in total. The molecule has 0 amide bonds. The van der Waals surface area contributed by atoms with Crippen LogP contribution in [0.3, 0.4) is 0 Å². The number of ether oxygens (including phenoxy) is 8. The molecule has 2 unspecified atom stereocenters. The number of aliphatic hydroxyl groups excluding tert-OH is 2. The number of nitrogens with one attached hydrogen (secondary N) is 1. The van der Waals surface area contributed by atoms with E-state index in [1.54, 1.807) is 14.2 Å². The summed E-state index contributed by atoms with van der Waals surface area (Å²) >= 11 is 0. The first kappa shape index (κ1) is 56.0. The Labute approximate surface area is 435 Å². The number of benzene rings is 6. The van der Waals surface area contributed by atoms with Crippen LogP contribution < -0.4 is 48.9 Å². The molecule has 0 aliphatic carbocycles. The quantitative estimate of drug-likeness (QED) is 0.0353. The van der Waals surface area contributed by atoms with Gasteiger partial charge in [-0.25, -0.2) is 0 Å². The fourth-order valence-electron chi connectivity index (χ4n) is 8.07. The van der Waals surface area contributed by atoms with Crippen molar-refractivity contribution < 1.29 is 72.7 Å². The van der Waals surface area contributed by atoms with Gasteiger partial charge in [-0.3, -0.25) is 19.7 Å². The van der Waals surface area contributed by atoms with Gasteiger partial charge in [0.1, 0.15) is 61.5 Å². The van der Waals surface area contributed by atoms with E-state index >= 15 is 0 Å². The number of methoxy groups -OCH3 is 4. The number of hydrogen-bond acceptors (Lipinski definition) is 15. The number of carboxylic acid groups (broad SMARTS) is 2. The fraction of sp³-hybridized carbons (Fsp3) is 0.259. The number of carboxylic acids is 2. The van der Waals surface area contributed by atoms with Gasteiger partial charge in [0.05, 0.1) is 47.2 Å². The molecule has 394 valence electrons. The summed E-state index contributed by atoms with van der Waals surface area (Å²) in [6, 6.07) is 29.6. The van der Waals surface area contributed by atoms with Crippen LogP contribution in [0.2, 0.25) is 0 Å². The molecule has 75 heavy (non-hydrogen) atoms. The summed E-state index contributed by atoms with van der Waals surface area (Å²) in [5.74, 6) is 2.84. The number of carbonyl (C=O) groups is 3. The number of nitrogens with two attached hydrogens (primary N) is 1. The van der Waals surface area contributed by atoms with Crippen molar-refractivity contribution >= 4 is 42.5 Å². The van der Waals surface area contributed by atoms with Crippen LogP contribution in [-0.2, 0) is 16.1 Å². The lowest BCUT2D eigenvalue weighted by atomic mass is 9.95. The van der Waals surface area contributed by atoms with Gasteiger partial charge in [-0.1, -0.05) is 72.8 Å². The van der Waals surface area contributed by atoms with Crippen molar-refractivity contribution in [3.63, 3.8) is 0 Å². The number of fused-ring (bicyclic) bond motifs is 2. The standard InChI is InChI=1S/C29H31NO7.C26H24O5.C3H7NO3/c1-18-20(5-4-6-22(18)21-9-10-25-28(15-21)37-12-11-36-25)8-7-19-13-26(34-2)23(27(14-19)35-3)16-30-24(17-31)29(32)33;1-17-19(8-7-18-13-24(28-2)22(16-27)25(14-18)29-3)5-4-6-21(17)20-9-10-23-26(15-20)31-12-11-30-23;4-2(1-5)3(6)7/h4-10,13-15,24,30-31H,11-12,16-17H2,1-3H3,(H,32,33);4-10,13-16H,11-12H2,1-3H3;2,5H,1,4H2,(H,6,7)/b2*8-7+;. The van der Waals surface area contributed by atoms with Crippen LogP contribution in [0.25, 0.3) is 46.6 Å². The number of aldehydes is 1. The molecule has 0 aromatic heterocycles. The summed E-state index contributed by atoms with van der Waals surface area (Å²) < 4.78 is 44.6. The van der Waals surface area contributed by atoms with Crippen LogP contribution >= 0.6 is 0 Å². The van der Waals surface area contributed by atoms with Gasteiger partial charge in [0.15, 0.2) is 29.3 Å². The first-order valence-electron chi connectivity index (χ1n) is 23.8. The highest BCUT2D eigenvalue weighted by atomic mass is 16.6. The minimum absolute atomic E-state index is 0.157. The summed E-state index contributed by atoms with van der Waals surface area (Å²) in [4.78, 5) is 32.2. The predicted molar refractivity (Wildman–Crippen MR) is 286 cm³/mol. The molecular weight excluding hydrogens is 965 g/mol. The fourth-order valence-corrected chi connectivity index (χ4v) is 8.07. The van der Waals surface area contributed by atoms with Gasteiger partial charge in [-0.05, 0) is 118 Å². The largest absolute Gasteiger partial charge is 0.496 e. The zero-order valence-electron chi connectivity index (χ0n) is 42.6. The summed E-state index contributed by atoms with van der Waals surface area (Å²) in [7, 11) is 6.17. The van der Waals surface area contributed by atoms with Crippen LogP contribution in [0.15, 0.2) is 97.1 Å². The molecule has 2 aliphatic heterocycles. The van der Waals surface area contributed by atoms with E-state index in [2.05, 4.69) is 49.5 Å². The second-order valence-corrected chi connectivity index (χ2v) is 16.9. The van der Waals surface area contributed by atoms with Crippen LogP contribution in [0, 0.1) is 13.8 Å². The molecule has 0 saturated carbocycles. The molecule has 2 heterocycles. The van der Waals surface area contributed by atoms with Crippen molar-refractivity contribution in [3.05, 3.63) is 142 Å². The lowest BCUT2D eigenvalue weighted by molar-refractivity contribution is -0.141. The third-order valence-corrected chi connectivity index (χ3v) is 12.2. The molecule has 0 radical (unpaired) electrons. The topological polar surface area (TPSA) is 244 Å². The normalized spacial score (nSPS) is 13.1. The Morgan fingerprint density at radius 3 is 1.37 bits per heavy atom. The van der Waals surface area contributed by atoms with E-state index in [1.807, 2.05) is 91.0 Å². The molecule has 2 aliphatic rings. The average molecular weight is 1030 g/mol. The van der Waals surface area contributed by atoms with Crippen molar-refractivity contribution in [1.82, 2.24) is 5.32 Å². The molecule has 6 aromatic carbocycles. The van der Waals surface area contributed by atoms with E-state index in [4.69, 9.17) is 53.8 Å². The SMILES string of the molecule is COc1cc(/C=C/c2cccc(-c3ccc4c(c3)OCCO4)c2C)cc(OC)c1C=O.COc1cc(/C=C/c2cccc(-c3ccc4c(c3)OCCO4)c2C)cc(OC)c1CNC(CO)C(=O)O.NC(CO)C(=O)O. The zero-order chi connectivity index (χ0) is 54.0. The Morgan fingerprint density at radius 1 is 0.587 bits per heavy atom. The Bertz CT molecular complexity index is 2970. The molecular formula is C58H62N2O15. The highest BCUT2D eigenvalue weighted by Crippen LogP contribution is 2.39. The lowest BCUT2D eigenvalue weighted by Crippen LogP contribution is -2.39. The van der Waals surface area contributed by atoms with Gasteiger partial charge in [0.25, 0.3) is 0 Å². The number of carbonyl (C=O) groups excluding carboxylic acids is 1. The number of hydrogen-bond donors (Lipinski definition) is 6. The van der Waals surface area contributed by atoms with Crippen molar-refractivity contribution in [3.8, 4) is 68.2 Å². The molecule has 2 atom stereocenters. The maximum absolute atomic E-state index is 11.4. The Kier molecular flexibility index (Phi) is 20.2. The maximum atomic E-state index is 11.4. The Hall–Kier alpha value is -8.35. The first-order chi connectivity index (χ1) is 36.3. The molecule has 0 saturated heterocycles. The van der Waals surface area contributed by atoms with Crippen molar-refractivity contribution in [2.75, 3.05) is 68.1 Å². The lowest BCUT2D eigenvalue weighted by Gasteiger charge is -2.19. The molecule has 0 fully saturated rings. The first-order valence-corrected chi connectivity index (χ1v) is 23.8. The van der Waals surface area contributed by atoms with E-state index in [0.717, 1.165) is 84.9 Å². The Balaban J connectivity index is 0.000000219. The van der Waals surface area contributed by atoms with E-state index in [-0.39, 0.29) is 6.54 Å². The second-order valence-electron chi connectivity index (χ2n) is 16.9. The summed E-state index contributed by atoms with van der Waals surface area (Å²) in [5, 5.41) is 37.2. The van der Waals surface area contributed by atoms with Gasteiger partial charge >= 0.3 is 11.9 Å².